The van der Waals surface area contributed by atoms with Gasteiger partial charge in [-0.3, -0.25) is 14.5 Å². The highest BCUT2D eigenvalue weighted by Gasteiger charge is 2.47. The van der Waals surface area contributed by atoms with Gasteiger partial charge in [-0.05, 0) is 54.1 Å². The molecule has 10 heteroatoms. The molecular weight excluding hydrogens is 467 g/mol. The number of carbonyl (C=O) groups excluding carboxylic acids is 2. The van der Waals surface area contributed by atoms with Gasteiger partial charge >= 0.3 is 6.36 Å². The van der Waals surface area contributed by atoms with Crippen LogP contribution in [-0.2, 0) is 9.59 Å². The second-order valence-corrected chi connectivity index (χ2v) is 7.50. The Balaban J connectivity index is 1.88. The highest BCUT2D eigenvalue weighted by Crippen LogP contribution is 2.43. The van der Waals surface area contributed by atoms with Crippen LogP contribution in [0, 0.1) is 0 Å². The summed E-state index contributed by atoms with van der Waals surface area (Å²) in [6, 6.07) is 15.3. The molecule has 0 bridgehead atoms. The summed E-state index contributed by atoms with van der Waals surface area (Å²) < 4.78 is 46.8. The lowest BCUT2D eigenvalue weighted by molar-refractivity contribution is -0.274. The van der Waals surface area contributed by atoms with E-state index in [0.717, 1.165) is 17.0 Å². The summed E-state index contributed by atoms with van der Waals surface area (Å²) in [6.45, 7) is 0. The average molecular weight is 485 g/mol. The quantitative estimate of drug-likeness (QED) is 0.302. The van der Waals surface area contributed by atoms with Gasteiger partial charge in [-0.25, -0.2) is 0 Å². The Morgan fingerprint density at radius 1 is 0.943 bits per heavy atom. The SMILES string of the molecule is COc1ccccc1/C(O)=C1/C(=O)C(=O)N(c2ccc(OC(F)(F)F)cc2)C1c1ccc(O)cc1. The minimum atomic E-state index is -4.90. The van der Waals surface area contributed by atoms with Crippen molar-refractivity contribution in [1.82, 2.24) is 0 Å². The summed E-state index contributed by atoms with van der Waals surface area (Å²) in [4.78, 5) is 27.3. The van der Waals surface area contributed by atoms with E-state index in [0.29, 0.717) is 5.56 Å². The first-order valence-corrected chi connectivity index (χ1v) is 10.2. The largest absolute Gasteiger partial charge is 0.573 e. The Labute approximate surface area is 197 Å². The third-order valence-electron chi connectivity index (χ3n) is 5.36. The maximum atomic E-state index is 13.1. The lowest BCUT2D eigenvalue weighted by atomic mass is 9.94. The van der Waals surface area contributed by atoms with Crippen LogP contribution in [0.1, 0.15) is 17.2 Å². The van der Waals surface area contributed by atoms with Crippen LogP contribution in [0.25, 0.3) is 5.76 Å². The van der Waals surface area contributed by atoms with E-state index in [2.05, 4.69) is 4.74 Å². The Kier molecular flexibility index (Phi) is 6.12. The van der Waals surface area contributed by atoms with Gasteiger partial charge in [0, 0.05) is 5.69 Å². The molecule has 3 aromatic rings. The third-order valence-corrected chi connectivity index (χ3v) is 5.36. The molecule has 0 radical (unpaired) electrons. The smallest absolute Gasteiger partial charge is 0.508 e. The zero-order valence-corrected chi connectivity index (χ0v) is 18.1. The first-order valence-electron chi connectivity index (χ1n) is 10.2. The molecule has 1 atom stereocenters. The number of Topliss-reactive ketones (excluding diaryl/α,β-unsaturated/α-hetero) is 1. The van der Waals surface area contributed by atoms with Crippen LogP contribution >= 0.6 is 0 Å². The van der Waals surface area contributed by atoms with Crippen molar-refractivity contribution in [2.75, 3.05) is 12.0 Å². The number of benzene rings is 3. The number of ketones is 1. The number of alkyl halides is 3. The van der Waals surface area contributed by atoms with Crippen molar-refractivity contribution in [2.24, 2.45) is 0 Å². The van der Waals surface area contributed by atoms with Gasteiger partial charge < -0.3 is 19.7 Å². The second kappa shape index (κ2) is 9.05. The fraction of sp³-hybridized carbons (Fsp3) is 0.120. The van der Waals surface area contributed by atoms with Crippen LogP contribution in [0.5, 0.6) is 17.2 Å². The van der Waals surface area contributed by atoms with Crippen LogP contribution in [0.2, 0.25) is 0 Å². The summed E-state index contributed by atoms with van der Waals surface area (Å²) >= 11 is 0. The number of anilines is 1. The zero-order chi connectivity index (χ0) is 25.3. The lowest BCUT2D eigenvalue weighted by Crippen LogP contribution is -2.29. The molecule has 1 aliphatic rings. The van der Waals surface area contributed by atoms with Crippen molar-refractivity contribution < 1.29 is 42.4 Å². The molecule has 1 heterocycles. The lowest BCUT2D eigenvalue weighted by Gasteiger charge is -2.25. The van der Waals surface area contributed by atoms with E-state index >= 15 is 0 Å². The summed E-state index contributed by atoms with van der Waals surface area (Å²) in [5.41, 5.74) is 0.388. The minimum Gasteiger partial charge on any atom is -0.508 e. The van der Waals surface area contributed by atoms with Crippen LogP contribution in [0.4, 0.5) is 18.9 Å². The van der Waals surface area contributed by atoms with E-state index in [1.165, 1.54) is 49.6 Å². The molecule has 1 fully saturated rings. The van der Waals surface area contributed by atoms with Crippen molar-refractivity contribution in [2.45, 2.75) is 12.4 Å². The van der Waals surface area contributed by atoms with Crippen LogP contribution in [0.15, 0.2) is 78.4 Å². The molecule has 1 unspecified atom stereocenters. The van der Waals surface area contributed by atoms with Crippen molar-refractivity contribution >= 4 is 23.1 Å². The number of aromatic hydroxyl groups is 1. The Morgan fingerprint density at radius 2 is 1.57 bits per heavy atom. The number of aliphatic hydroxyl groups is 1. The first kappa shape index (κ1) is 23.7. The summed E-state index contributed by atoms with van der Waals surface area (Å²) in [7, 11) is 1.38. The fourth-order valence-corrected chi connectivity index (χ4v) is 3.86. The van der Waals surface area contributed by atoms with Crippen molar-refractivity contribution in [3.8, 4) is 17.2 Å². The summed E-state index contributed by atoms with van der Waals surface area (Å²) in [6.07, 6.45) is -4.90. The molecule has 7 nitrogen and oxygen atoms in total. The maximum absolute atomic E-state index is 13.1. The maximum Gasteiger partial charge on any atom is 0.573 e. The highest BCUT2D eigenvalue weighted by atomic mass is 19.4. The van der Waals surface area contributed by atoms with Crippen molar-refractivity contribution in [3.63, 3.8) is 0 Å². The van der Waals surface area contributed by atoms with Crippen LogP contribution in [-0.4, -0.2) is 35.4 Å². The van der Waals surface area contributed by atoms with Gasteiger partial charge in [0.1, 0.15) is 23.0 Å². The van der Waals surface area contributed by atoms with Gasteiger partial charge in [0.25, 0.3) is 11.7 Å². The normalized spacial score (nSPS) is 17.5. The van der Waals surface area contributed by atoms with Crippen molar-refractivity contribution in [1.29, 1.82) is 0 Å². The molecule has 0 saturated carbocycles. The van der Waals surface area contributed by atoms with E-state index in [9.17, 15) is 33.0 Å². The number of methoxy groups -OCH3 is 1. The molecule has 0 spiro atoms. The van der Waals surface area contributed by atoms with Gasteiger partial charge in [-0.2, -0.15) is 0 Å². The van der Waals surface area contributed by atoms with Crippen LogP contribution < -0.4 is 14.4 Å². The molecule has 4 rings (SSSR count). The number of phenols is 1. The van der Waals surface area contributed by atoms with E-state index in [1.807, 2.05) is 0 Å². The van der Waals surface area contributed by atoms with Gasteiger partial charge in [-0.1, -0.05) is 24.3 Å². The topological polar surface area (TPSA) is 96.3 Å². The Hall–Kier alpha value is -4.47. The fourth-order valence-electron chi connectivity index (χ4n) is 3.86. The first-order chi connectivity index (χ1) is 16.6. The molecule has 2 N–H and O–H groups in total. The number of rotatable bonds is 5. The van der Waals surface area contributed by atoms with Crippen LogP contribution in [0.3, 0.4) is 0 Å². The monoisotopic (exact) mass is 485 g/mol. The predicted molar refractivity (Wildman–Crippen MR) is 119 cm³/mol. The highest BCUT2D eigenvalue weighted by molar-refractivity contribution is 6.51. The minimum absolute atomic E-state index is 0.0657. The Bertz CT molecular complexity index is 1300. The number of phenolic OH excluding ortho intramolecular Hbond substituents is 1. The molecule has 180 valence electrons. The predicted octanol–water partition coefficient (Wildman–Crippen LogP) is 4.93. The van der Waals surface area contributed by atoms with Gasteiger partial charge in [-0.15, -0.1) is 13.2 Å². The molecule has 35 heavy (non-hydrogen) atoms. The molecule has 3 aromatic carbocycles. The van der Waals surface area contributed by atoms with Gasteiger partial charge in [0.05, 0.1) is 24.3 Å². The van der Waals surface area contributed by atoms with E-state index in [1.54, 1.807) is 18.2 Å². The number of ether oxygens (including phenoxy) is 2. The Morgan fingerprint density at radius 3 is 2.17 bits per heavy atom. The number of hydrogen-bond donors (Lipinski definition) is 2. The number of nitrogens with zero attached hydrogens (tertiary/aromatic N) is 1. The second-order valence-electron chi connectivity index (χ2n) is 7.50. The van der Waals surface area contributed by atoms with E-state index < -0.39 is 35.6 Å². The number of para-hydroxylation sites is 1. The number of amides is 1. The molecule has 0 aliphatic carbocycles. The number of hydrogen-bond acceptors (Lipinski definition) is 6. The van der Waals surface area contributed by atoms with Gasteiger partial charge in [0.2, 0.25) is 0 Å². The summed E-state index contributed by atoms with van der Waals surface area (Å²) in [5.74, 6) is -2.80. The number of carbonyl (C=O) groups is 2. The van der Waals surface area contributed by atoms with E-state index in [4.69, 9.17) is 4.74 Å². The molecular formula is C25H18F3NO6. The number of halogens is 3. The average Bonchev–Trinajstić information content (AvgIpc) is 3.09. The molecule has 0 aromatic heterocycles. The van der Waals surface area contributed by atoms with E-state index in [-0.39, 0.29) is 28.3 Å². The number of aliphatic hydroxyl groups excluding tert-OH is 1. The third kappa shape index (κ3) is 4.63. The molecule has 1 aliphatic heterocycles. The van der Waals surface area contributed by atoms with Crippen molar-refractivity contribution in [3.05, 3.63) is 89.5 Å². The van der Waals surface area contributed by atoms with Gasteiger partial charge in [0.15, 0.2) is 0 Å². The zero-order valence-electron chi connectivity index (χ0n) is 18.1. The molecule has 1 saturated heterocycles. The standard InChI is InChI=1S/C25H18F3NO6/c1-34-19-5-3-2-4-18(19)22(31)20-21(14-6-10-16(30)11-7-14)29(24(33)23(20)32)15-8-12-17(13-9-15)35-25(26,27)28/h2-13,21,30-31H,1H3/b22-20-. The summed E-state index contributed by atoms with van der Waals surface area (Å²) in [5, 5.41) is 20.8. The molecule has 1 amide bonds.